The van der Waals surface area contributed by atoms with E-state index >= 15 is 0 Å². The zero-order chi connectivity index (χ0) is 18.7. The summed E-state index contributed by atoms with van der Waals surface area (Å²) in [6.45, 7) is 0.991. The summed E-state index contributed by atoms with van der Waals surface area (Å²) in [6, 6.07) is 10.1. The van der Waals surface area contributed by atoms with Gasteiger partial charge in [-0.25, -0.2) is 9.59 Å². The Balaban J connectivity index is 0.000000333. The van der Waals surface area contributed by atoms with E-state index < -0.39 is 11.9 Å². The monoisotopic (exact) mass is 349 g/mol. The lowest BCUT2D eigenvalue weighted by molar-refractivity contribution is -0.143. The van der Waals surface area contributed by atoms with E-state index in [1.54, 1.807) is 0 Å². The fourth-order valence-electron chi connectivity index (χ4n) is 2.63. The average Bonchev–Trinajstić information content (AvgIpc) is 2.62. The summed E-state index contributed by atoms with van der Waals surface area (Å²) in [5.74, 6) is -2.84. The maximum absolute atomic E-state index is 11.9. The Hall–Kier alpha value is -2.67. The first-order valence-electron chi connectivity index (χ1n) is 7.95. The van der Waals surface area contributed by atoms with Crippen molar-refractivity contribution in [3.8, 4) is 0 Å². The predicted octanol–water partition coefficient (Wildman–Crippen LogP) is 1.80. The number of piperidine rings is 1. The first-order valence-corrected chi connectivity index (χ1v) is 7.95. The molecule has 25 heavy (non-hydrogen) atoms. The molecule has 0 saturated carbocycles. The number of aliphatic carboxylic acids is 2. The van der Waals surface area contributed by atoms with Crippen LogP contribution in [0.15, 0.2) is 42.5 Å². The Morgan fingerprint density at radius 1 is 1.12 bits per heavy atom. The number of carboxylic acid groups (broad SMARTS) is 2. The van der Waals surface area contributed by atoms with Gasteiger partial charge >= 0.3 is 17.9 Å². The molecule has 0 spiro atoms. The molecule has 2 atom stereocenters. The molecule has 1 aromatic rings. The number of hydrogen-bond donors (Lipinski definition) is 3. The van der Waals surface area contributed by atoms with E-state index in [1.165, 1.54) is 20.0 Å². The molecule has 2 rings (SSSR count). The summed E-state index contributed by atoms with van der Waals surface area (Å²) in [5, 5.41) is 19.1. The normalized spacial score (nSPS) is 17.9. The van der Waals surface area contributed by atoms with E-state index in [0.717, 1.165) is 18.5 Å². The van der Waals surface area contributed by atoms with Gasteiger partial charge in [0.25, 0.3) is 0 Å². The van der Waals surface area contributed by atoms with Gasteiger partial charge < -0.3 is 20.3 Å². The zero-order valence-corrected chi connectivity index (χ0v) is 14.1. The Bertz CT molecular complexity index is 577. The topological polar surface area (TPSA) is 113 Å². The minimum atomic E-state index is -1.26. The first-order chi connectivity index (χ1) is 12.0. The Kier molecular flexibility index (Phi) is 8.95. The number of carbonyl (C=O) groups is 3. The fourth-order valence-corrected chi connectivity index (χ4v) is 2.63. The second-order valence-electron chi connectivity index (χ2n) is 5.48. The lowest BCUT2D eigenvalue weighted by Crippen LogP contribution is -2.42. The molecular formula is C18H23NO6. The number of ether oxygens (including phenoxy) is 1. The Morgan fingerprint density at radius 2 is 1.72 bits per heavy atom. The van der Waals surface area contributed by atoms with Crippen molar-refractivity contribution in [1.29, 1.82) is 0 Å². The summed E-state index contributed by atoms with van der Waals surface area (Å²) in [5.41, 5.74) is 1.04. The summed E-state index contributed by atoms with van der Waals surface area (Å²) < 4.78 is 4.94. The van der Waals surface area contributed by atoms with Gasteiger partial charge in [0.15, 0.2) is 0 Å². The largest absolute Gasteiger partial charge is 0.478 e. The smallest absolute Gasteiger partial charge is 0.328 e. The van der Waals surface area contributed by atoms with Crippen LogP contribution in [-0.2, 0) is 19.1 Å². The summed E-state index contributed by atoms with van der Waals surface area (Å²) >= 11 is 0. The fraction of sp³-hybridized carbons (Fsp3) is 0.389. The quantitative estimate of drug-likeness (QED) is 0.549. The van der Waals surface area contributed by atoms with E-state index in [0.29, 0.717) is 12.2 Å². The molecule has 1 aliphatic heterocycles. The van der Waals surface area contributed by atoms with Crippen LogP contribution >= 0.6 is 0 Å². The van der Waals surface area contributed by atoms with Gasteiger partial charge in [-0.2, -0.15) is 0 Å². The maximum atomic E-state index is 11.9. The molecule has 2 unspecified atom stereocenters. The van der Waals surface area contributed by atoms with Gasteiger partial charge in [0.2, 0.25) is 0 Å². The maximum Gasteiger partial charge on any atom is 0.328 e. The van der Waals surface area contributed by atoms with Gasteiger partial charge in [-0.05, 0) is 24.9 Å². The van der Waals surface area contributed by atoms with Crippen molar-refractivity contribution in [3.05, 3.63) is 48.0 Å². The minimum Gasteiger partial charge on any atom is -0.478 e. The first kappa shape index (κ1) is 20.4. The van der Waals surface area contributed by atoms with Crippen LogP contribution in [0.4, 0.5) is 0 Å². The van der Waals surface area contributed by atoms with Gasteiger partial charge in [-0.15, -0.1) is 0 Å². The third-order valence-electron chi connectivity index (χ3n) is 3.73. The summed E-state index contributed by atoms with van der Waals surface area (Å²) in [6.07, 6.45) is 4.52. The number of esters is 1. The summed E-state index contributed by atoms with van der Waals surface area (Å²) in [4.78, 5) is 31.1. The highest BCUT2D eigenvalue weighted by atomic mass is 16.5. The minimum absolute atomic E-state index is 0.143. The van der Waals surface area contributed by atoms with Crippen molar-refractivity contribution >= 4 is 17.9 Å². The Morgan fingerprint density at radius 3 is 2.16 bits per heavy atom. The third kappa shape index (κ3) is 7.63. The van der Waals surface area contributed by atoms with Gasteiger partial charge in [0.05, 0.1) is 13.0 Å². The Labute approximate surface area is 146 Å². The van der Waals surface area contributed by atoms with Crippen LogP contribution in [0.2, 0.25) is 0 Å². The van der Waals surface area contributed by atoms with Crippen molar-refractivity contribution in [2.45, 2.75) is 31.2 Å². The third-order valence-corrected chi connectivity index (χ3v) is 3.73. The molecule has 1 heterocycles. The van der Waals surface area contributed by atoms with Crippen LogP contribution in [0.25, 0.3) is 0 Å². The van der Waals surface area contributed by atoms with Crippen molar-refractivity contribution in [3.63, 3.8) is 0 Å². The predicted molar refractivity (Wildman–Crippen MR) is 91.3 cm³/mol. The number of nitrogens with one attached hydrogen (secondary N) is 1. The van der Waals surface area contributed by atoms with Gasteiger partial charge in [-0.1, -0.05) is 36.8 Å². The zero-order valence-electron chi connectivity index (χ0n) is 14.1. The van der Waals surface area contributed by atoms with Crippen LogP contribution in [0.1, 0.15) is 30.7 Å². The van der Waals surface area contributed by atoms with Crippen LogP contribution in [0.5, 0.6) is 0 Å². The number of rotatable bonds is 5. The molecule has 0 aliphatic carbocycles. The highest BCUT2D eigenvalue weighted by Crippen LogP contribution is 2.26. The molecule has 1 saturated heterocycles. The lowest BCUT2D eigenvalue weighted by Gasteiger charge is -2.29. The van der Waals surface area contributed by atoms with Crippen LogP contribution < -0.4 is 5.32 Å². The van der Waals surface area contributed by atoms with Crippen LogP contribution in [-0.4, -0.2) is 47.8 Å². The highest BCUT2D eigenvalue weighted by molar-refractivity contribution is 5.89. The molecular weight excluding hydrogens is 326 g/mol. The molecule has 0 aromatic heterocycles. The molecule has 1 fully saturated rings. The molecule has 0 bridgehead atoms. The summed E-state index contributed by atoms with van der Waals surface area (Å²) in [7, 11) is 1.46. The number of benzene rings is 1. The molecule has 0 radical (unpaired) electrons. The molecule has 0 amide bonds. The van der Waals surface area contributed by atoms with Crippen molar-refractivity contribution in [2.75, 3.05) is 13.7 Å². The van der Waals surface area contributed by atoms with E-state index in [2.05, 4.69) is 5.32 Å². The van der Waals surface area contributed by atoms with E-state index in [-0.39, 0.29) is 17.9 Å². The van der Waals surface area contributed by atoms with Crippen LogP contribution in [0, 0.1) is 0 Å². The number of carboxylic acids is 2. The molecule has 3 N–H and O–H groups in total. The number of carbonyl (C=O) groups excluding carboxylic acids is 1. The van der Waals surface area contributed by atoms with E-state index in [4.69, 9.17) is 14.9 Å². The van der Waals surface area contributed by atoms with Crippen molar-refractivity contribution < 1.29 is 29.3 Å². The van der Waals surface area contributed by atoms with E-state index in [1.807, 2.05) is 30.3 Å². The van der Waals surface area contributed by atoms with Gasteiger partial charge in [0.1, 0.15) is 0 Å². The lowest BCUT2D eigenvalue weighted by atomic mass is 9.86. The second kappa shape index (κ2) is 11.0. The van der Waals surface area contributed by atoms with Gasteiger partial charge in [0, 0.05) is 18.2 Å². The molecule has 1 aliphatic rings. The van der Waals surface area contributed by atoms with Crippen molar-refractivity contribution in [1.82, 2.24) is 5.32 Å². The van der Waals surface area contributed by atoms with E-state index in [9.17, 15) is 14.4 Å². The molecule has 136 valence electrons. The number of hydrogen-bond acceptors (Lipinski definition) is 5. The molecule has 7 heteroatoms. The molecule has 7 nitrogen and oxygen atoms in total. The number of methoxy groups -OCH3 is 1. The average molecular weight is 349 g/mol. The SMILES string of the molecule is COC(=O)C(c1ccccc1)C1CCCCN1.O=C(O)C=CC(=O)O. The van der Waals surface area contributed by atoms with Gasteiger partial charge in [-0.3, -0.25) is 4.79 Å². The highest BCUT2D eigenvalue weighted by Gasteiger charge is 2.31. The van der Waals surface area contributed by atoms with Crippen molar-refractivity contribution in [2.24, 2.45) is 0 Å². The van der Waals surface area contributed by atoms with Crippen LogP contribution in [0.3, 0.4) is 0 Å². The standard InChI is InChI=1S/C14H19NO2.C4H4O4/c1-17-14(16)13(11-7-3-2-4-8-11)12-9-5-6-10-15-12;5-3(6)1-2-4(7)8/h2-4,7-8,12-13,15H,5-6,9-10H2,1H3;1-2H,(H,5,6)(H,7,8). The molecule has 1 aromatic carbocycles. The second-order valence-corrected chi connectivity index (χ2v) is 5.48.